The number of nitrogens with zero attached hydrogens (tertiary/aromatic N) is 3. The van der Waals surface area contributed by atoms with E-state index in [1.165, 1.54) is 29.1 Å². The van der Waals surface area contributed by atoms with Crippen molar-refractivity contribution in [3.8, 4) is 0 Å². The summed E-state index contributed by atoms with van der Waals surface area (Å²) in [5, 5.41) is 7.48. The molecular weight excluding hydrogens is 259 g/mol. The molecule has 5 nitrogen and oxygen atoms in total. The van der Waals surface area contributed by atoms with Crippen LogP contribution in [0.4, 0.5) is 13.2 Å². The molecular formula is C11H12F3N5. The van der Waals surface area contributed by atoms with Crippen LogP contribution in [0.25, 0.3) is 0 Å². The van der Waals surface area contributed by atoms with Crippen molar-refractivity contribution in [3.05, 3.63) is 47.3 Å². The van der Waals surface area contributed by atoms with E-state index in [1.807, 2.05) is 0 Å². The van der Waals surface area contributed by atoms with E-state index in [-0.39, 0.29) is 5.56 Å². The Hall–Kier alpha value is -1.93. The minimum atomic E-state index is -4.45. The molecule has 1 unspecified atom stereocenters. The summed E-state index contributed by atoms with van der Waals surface area (Å²) in [6, 6.07) is 4.35. The molecule has 1 atom stereocenters. The van der Waals surface area contributed by atoms with Crippen LogP contribution in [0.15, 0.2) is 30.5 Å². The summed E-state index contributed by atoms with van der Waals surface area (Å²) in [5.41, 5.74) is 1.93. The monoisotopic (exact) mass is 271 g/mol. The van der Waals surface area contributed by atoms with Gasteiger partial charge in [0.25, 0.3) is 0 Å². The summed E-state index contributed by atoms with van der Waals surface area (Å²) < 4.78 is 40.3. The number of rotatable bonds is 3. The van der Waals surface area contributed by atoms with Crippen LogP contribution in [0.3, 0.4) is 0 Å². The van der Waals surface area contributed by atoms with Crippen LogP contribution in [-0.4, -0.2) is 15.0 Å². The third kappa shape index (κ3) is 2.74. The van der Waals surface area contributed by atoms with Gasteiger partial charge < -0.3 is 0 Å². The summed E-state index contributed by atoms with van der Waals surface area (Å²) >= 11 is 0. The maximum absolute atomic E-state index is 13.0. The van der Waals surface area contributed by atoms with Gasteiger partial charge in [0.15, 0.2) is 0 Å². The number of nitrogens with two attached hydrogens (primary N) is 1. The number of nitrogens with one attached hydrogen (secondary N) is 1. The first-order chi connectivity index (χ1) is 8.93. The first kappa shape index (κ1) is 13.5. The molecule has 0 bridgehead atoms. The summed E-state index contributed by atoms with van der Waals surface area (Å²) in [5.74, 6) is 5.36. The molecule has 0 radical (unpaired) electrons. The van der Waals surface area contributed by atoms with Crippen molar-refractivity contribution in [2.45, 2.75) is 12.2 Å². The lowest BCUT2D eigenvalue weighted by molar-refractivity contribution is -0.138. The number of hydrogen-bond acceptors (Lipinski definition) is 4. The predicted octanol–water partition coefficient (Wildman–Crippen LogP) is 1.39. The van der Waals surface area contributed by atoms with Crippen molar-refractivity contribution in [2.24, 2.45) is 12.9 Å². The average Bonchev–Trinajstić information content (AvgIpc) is 2.76. The van der Waals surface area contributed by atoms with Crippen LogP contribution in [0.5, 0.6) is 0 Å². The Morgan fingerprint density at radius 2 is 2.00 bits per heavy atom. The third-order valence-corrected chi connectivity index (χ3v) is 2.66. The van der Waals surface area contributed by atoms with Crippen LogP contribution < -0.4 is 11.3 Å². The smallest absolute Gasteiger partial charge is 0.271 e. The summed E-state index contributed by atoms with van der Waals surface area (Å²) in [7, 11) is 1.62. The van der Waals surface area contributed by atoms with Crippen LogP contribution >= 0.6 is 0 Å². The zero-order valence-electron chi connectivity index (χ0n) is 10.0. The van der Waals surface area contributed by atoms with Crippen LogP contribution in [0.2, 0.25) is 0 Å². The lowest BCUT2D eigenvalue weighted by Crippen LogP contribution is -2.31. The minimum absolute atomic E-state index is 0.0120. The van der Waals surface area contributed by atoms with E-state index in [0.717, 1.165) is 6.07 Å². The molecule has 0 aliphatic carbocycles. The van der Waals surface area contributed by atoms with E-state index < -0.39 is 17.8 Å². The summed E-state index contributed by atoms with van der Waals surface area (Å²) in [6.07, 6.45) is -2.94. The fourth-order valence-electron chi connectivity index (χ4n) is 1.84. The van der Waals surface area contributed by atoms with Crippen LogP contribution in [0, 0.1) is 0 Å². The van der Waals surface area contributed by atoms with Gasteiger partial charge in [-0.05, 0) is 11.6 Å². The highest BCUT2D eigenvalue weighted by atomic mass is 19.4. The standard InChI is InChI=1S/C11H12F3N5/c1-19-6-9(17-18-19)10(16-15)7-4-2-3-5-8(7)11(12,13)14/h2-6,10,16H,15H2,1H3. The average molecular weight is 271 g/mol. The van der Waals surface area contributed by atoms with Gasteiger partial charge in [-0.25, -0.2) is 5.43 Å². The molecule has 0 fully saturated rings. The molecule has 19 heavy (non-hydrogen) atoms. The van der Waals surface area contributed by atoms with Gasteiger partial charge in [-0.2, -0.15) is 13.2 Å². The van der Waals surface area contributed by atoms with Gasteiger partial charge in [0.1, 0.15) is 5.69 Å². The van der Waals surface area contributed by atoms with E-state index in [9.17, 15) is 13.2 Å². The second kappa shape index (κ2) is 4.98. The van der Waals surface area contributed by atoms with E-state index in [0.29, 0.717) is 5.69 Å². The van der Waals surface area contributed by atoms with Crippen molar-refractivity contribution < 1.29 is 13.2 Å². The van der Waals surface area contributed by atoms with Gasteiger partial charge in [-0.15, -0.1) is 5.10 Å². The van der Waals surface area contributed by atoms with Crippen molar-refractivity contribution in [2.75, 3.05) is 0 Å². The van der Waals surface area contributed by atoms with Crippen LogP contribution in [0.1, 0.15) is 22.9 Å². The largest absolute Gasteiger partial charge is 0.416 e. The van der Waals surface area contributed by atoms with Crippen molar-refractivity contribution in [3.63, 3.8) is 0 Å². The van der Waals surface area contributed by atoms with E-state index in [1.54, 1.807) is 7.05 Å². The number of aromatic nitrogens is 3. The second-order valence-corrected chi connectivity index (χ2v) is 4.00. The molecule has 0 aliphatic heterocycles. The van der Waals surface area contributed by atoms with Crippen molar-refractivity contribution in [1.82, 2.24) is 20.4 Å². The first-order valence-corrected chi connectivity index (χ1v) is 5.42. The Morgan fingerprint density at radius 3 is 2.53 bits per heavy atom. The maximum Gasteiger partial charge on any atom is 0.416 e. The first-order valence-electron chi connectivity index (χ1n) is 5.42. The molecule has 1 heterocycles. The second-order valence-electron chi connectivity index (χ2n) is 4.00. The topological polar surface area (TPSA) is 68.8 Å². The fraction of sp³-hybridized carbons (Fsp3) is 0.273. The van der Waals surface area contributed by atoms with Gasteiger partial charge in [0.05, 0.1) is 17.8 Å². The molecule has 2 rings (SSSR count). The number of hydrogen-bond donors (Lipinski definition) is 2. The summed E-state index contributed by atoms with van der Waals surface area (Å²) in [4.78, 5) is 0. The zero-order chi connectivity index (χ0) is 14.0. The Balaban J connectivity index is 2.50. The zero-order valence-corrected chi connectivity index (χ0v) is 10.0. The molecule has 0 saturated heterocycles. The van der Waals surface area contributed by atoms with E-state index >= 15 is 0 Å². The molecule has 3 N–H and O–H groups in total. The molecule has 0 amide bonds. The number of hydrazine groups is 1. The van der Waals surface area contributed by atoms with E-state index in [4.69, 9.17) is 5.84 Å². The normalized spacial score (nSPS) is 13.5. The molecule has 2 aromatic rings. The maximum atomic E-state index is 13.0. The van der Waals surface area contributed by atoms with Crippen LogP contribution in [-0.2, 0) is 13.2 Å². The highest BCUT2D eigenvalue weighted by Crippen LogP contribution is 2.35. The highest BCUT2D eigenvalue weighted by Gasteiger charge is 2.35. The van der Waals surface area contributed by atoms with E-state index in [2.05, 4.69) is 15.7 Å². The highest BCUT2D eigenvalue weighted by molar-refractivity contribution is 5.36. The molecule has 0 saturated carbocycles. The van der Waals surface area contributed by atoms with Gasteiger partial charge in [-0.3, -0.25) is 10.5 Å². The number of alkyl halides is 3. The molecule has 0 aliphatic rings. The lowest BCUT2D eigenvalue weighted by Gasteiger charge is -2.19. The van der Waals surface area contributed by atoms with Gasteiger partial charge >= 0.3 is 6.18 Å². The Labute approximate surface area is 107 Å². The summed E-state index contributed by atoms with van der Waals surface area (Å²) in [6.45, 7) is 0. The molecule has 1 aromatic carbocycles. The Kier molecular flexibility index (Phi) is 3.54. The van der Waals surface area contributed by atoms with Crippen molar-refractivity contribution in [1.29, 1.82) is 0 Å². The molecule has 8 heteroatoms. The van der Waals surface area contributed by atoms with Gasteiger partial charge in [0.2, 0.25) is 0 Å². The fourth-order valence-corrected chi connectivity index (χ4v) is 1.84. The van der Waals surface area contributed by atoms with Gasteiger partial charge in [-0.1, -0.05) is 23.4 Å². The number of aryl methyl sites for hydroxylation is 1. The quantitative estimate of drug-likeness (QED) is 0.654. The third-order valence-electron chi connectivity index (χ3n) is 2.66. The number of benzene rings is 1. The van der Waals surface area contributed by atoms with Gasteiger partial charge in [0, 0.05) is 7.05 Å². The van der Waals surface area contributed by atoms with Crippen molar-refractivity contribution >= 4 is 0 Å². The molecule has 102 valence electrons. The minimum Gasteiger partial charge on any atom is -0.271 e. The predicted molar refractivity (Wildman–Crippen MR) is 61.6 cm³/mol. The Morgan fingerprint density at radius 1 is 1.32 bits per heavy atom. The lowest BCUT2D eigenvalue weighted by atomic mass is 9.98. The SMILES string of the molecule is Cn1cc(C(NN)c2ccccc2C(F)(F)F)nn1. The molecule has 1 aromatic heterocycles. The number of halogens is 3. The molecule has 0 spiro atoms. The Bertz CT molecular complexity index is 563.